The molecule has 0 saturated carbocycles. The van der Waals surface area contributed by atoms with Gasteiger partial charge in [-0.15, -0.1) is 0 Å². The topological polar surface area (TPSA) is 41.6 Å². The van der Waals surface area contributed by atoms with Crippen LogP contribution in [0.1, 0.15) is 45.2 Å². The van der Waals surface area contributed by atoms with Gasteiger partial charge in [0.25, 0.3) is 0 Å². The van der Waals surface area contributed by atoms with Gasteiger partial charge in [0.05, 0.1) is 6.61 Å². The van der Waals surface area contributed by atoms with E-state index in [1.165, 1.54) is 0 Å². The van der Waals surface area contributed by atoms with Crippen LogP contribution in [-0.2, 0) is 0 Å². The first kappa shape index (κ1) is 20.3. The number of amides is 2. The lowest BCUT2D eigenvalue weighted by atomic mass is 10.1. The molecule has 1 N–H and O–H groups in total. The van der Waals surface area contributed by atoms with Crippen LogP contribution in [0, 0.1) is 25.7 Å². The third kappa shape index (κ3) is 7.24. The van der Waals surface area contributed by atoms with Crippen molar-refractivity contribution in [3.63, 3.8) is 0 Å². The van der Waals surface area contributed by atoms with Crippen LogP contribution in [0.5, 0.6) is 5.75 Å². The van der Waals surface area contributed by atoms with Crippen molar-refractivity contribution in [3.8, 4) is 5.75 Å². The summed E-state index contributed by atoms with van der Waals surface area (Å²) in [6, 6.07) is 6.18. The summed E-state index contributed by atoms with van der Waals surface area (Å²) >= 11 is 0. The summed E-state index contributed by atoms with van der Waals surface area (Å²) in [5.74, 6) is 1.91. The summed E-state index contributed by atoms with van der Waals surface area (Å²) in [4.78, 5) is 14.2. The maximum Gasteiger partial charge on any atom is 0.317 e. The summed E-state index contributed by atoms with van der Waals surface area (Å²) in [6.45, 7) is 15.5. The maximum absolute atomic E-state index is 12.3. The molecule has 24 heavy (non-hydrogen) atoms. The third-order valence-electron chi connectivity index (χ3n) is 3.71. The Morgan fingerprint density at radius 2 is 1.62 bits per heavy atom. The number of nitrogens with zero attached hydrogens (tertiary/aromatic N) is 1. The zero-order valence-electron chi connectivity index (χ0n) is 16.2. The summed E-state index contributed by atoms with van der Waals surface area (Å²) in [6.07, 6.45) is 0.802. The molecular formula is C20H34N2O2. The monoisotopic (exact) mass is 334 g/mol. The van der Waals surface area contributed by atoms with Gasteiger partial charge >= 0.3 is 6.03 Å². The normalized spacial score (nSPS) is 11.0. The van der Waals surface area contributed by atoms with Crippen molar-refractivity contribution in [2.45, 2.75) is 48.0 Å². The van der Waals surface area contributed by atoms with E-state index in [-0.39, 0.29) is 6.03 Å². The molecule has 0 spiro atoms. The number of carbonyl (C=O) groups excluding carboxylic acids is 1. The molecule has 0 aliphatic rings. The summed E-state index contributed by atoms with van der Waals surface area (Å²) in [5.41, 5.74) is 2.30. The molecule has 136 valence electrons. The standard InChI is InChI=1S/C20H34N2O2/c1-15(2)13-22(14-16(3)4)20(23)21-11-8-12-24-19-17(5)9-7-10-18(19)6/h7,9-10,15-16H,8,11-14H2,1-6H3,(H,21,23). The van der Waals surface area contributed by atoms with Crippen LogP contribution in [0.25, 0.3) is 0 Å². The fraction of sp³-hybridized carbons (Fsp3) is 0.650. The third-order valence-corrected chi connectivity index (χ3v) is 3.71. The Morgan fingerprint density at radius 1 is 1.08 bits per heavy atom. The van der Waals surface area contributed by atoms with Crippen LogP contribution < -0.4 is 10.1 Å². The van der Waals surface area contributed by atoms with Crippen LogP contribution in [0.2, 0.25) is 0 Å². The molecule has 0 atom stereocenters. The van der Waals surface area contributed by atoms with E-state index in [0.29, 0.717) is 25.0 Å². The highest BCUT2D eigenvalue weighted by atomic mass is 16.5. The number of ether oxygens (including phenoxy) is 1. The SMILES string of the molecule is Cc1cccc(C)c1OCCCNC(=O)N(CC(C)C)CC(C)C. The molecule has 0 bridgehead atoms. The van der Waals surface area contributed by atoms with Crippen LogP contribution in [0.4, 0.5) is 4.79 Å². The number of urea groups is 1. The first-order valence-electron chi connectivity index (χ1n) is 9.03. The second-order valence-corrected chi connectivity index (χ2v) is 7.35. The van der Waals surface area contributed by atoms with E-state index in [1.54, 1.807) is 0 Å². The van der Waals surface area contributed by atoms with Gasteiger partial charge in [-0.05, 0) is 43.2 Å². The number of carbonyl (C=O) groups is 1. The zero-order valence-corrected chi connectivity index (χ0v) is 16.2. The molecule has 0 radical (unpaired) electrons. The number of aryl methyl sites for hydroxylation is 2. The van der Waals surface area contributed by atoms with Crippen molar-refractivity contribution in [3.05, 3.63) is 29.3 Å². The van der Waals surface area contributed by atoms with Gasteiger partial charge in [0.15, 0.2) is 0 Å². The molecule has 0 aliphatic heterocycles. The average Bonchev–Trinajstić information content (AvgIpc) is 2.47. The number of hydrogen-bond acceptors (Lipinski definition) is 2. The van der Waals surface area contributed by atoms with Gasteiger partial charge in [0.1, 0.15) is 5.75 Å². The van der Waals surface area contributed by atoms with E-state index in [2.05, 4.69) is 59.0 Å². The van der Waals surface area contributed by atoms with Crippen molar-refractivity contribution in [2.24, 2.45) is 11.8 Å². The minimum atomic E-state index is 0.0319. The highest BCUT2D eigenvalue weighted by Crippen LogP contribution is 2.22. The smallest absolute Gasteiger partial charge is 0.317 e. The lowest BCUT2D eigenvalue weighted by Crippen LogP contribution is -2.44. The molecular weight excluding hydrogens is 300 g/mol. The Bertz CT molecular complexity index is 482. The van der Waals surface area contributed by atoms with Gasteiger partial charge in [0.2, 0.25) is 0 Å². The van der Waals surface area contributed by atoms with E-state index in [9.17, 15) is 4.79 Å². The van der Waals surface area contributed by atoms with Gasteiger partial charge in [-0.2, -0.15) is 0 Å². The minimum Gasteiger partial charge on any atom is -0.493 e. The number of nitrogens with one attached hydrogen (secondary N) is 1. The predicted molar refractivity (Wildman–Crippen MR) is 101 cm³/mol. The molecule has 0 unspecified atom stereocenters. The molecule has 4 nitrogen and oxygen atoms in total. The Hall–Kier alpha value is -1.71. The fourth-order valence-corrected chi connectivity index (χ4v) is 2.70. The van der Waals surface area contributed by atoms with E-state index in [1.807, 2.05) is 11.0 Å². The number of rotatable bonds is 9. The molecule has 0 heterocycles. The zero-order chi connectivity index (χ0) is 18.1. The first-order chi connectivity index (χ1) is 11.3. The Morgan fingerprint density at radius 3 is 2.12 bits per heavy atom. The van der Waals surface area contributed by atoms with Crippen LogP contribution >= 0.6 is 0 Å². The van der Waals surface area contributed by atoms with Crippen molar-refractivity contribution in [2.75, 3.05) is 26.2 Å². The predicted octanol–water partition coefficient (Wildman–Crippen LogP) is 4.40. The average molecular weight is 335 g/mol. The highest BCUT2D eigenvalue weighted by molar-refractivity contribution is 5.74. The molecule has 2 amide bonds. The van der Waals surface area contributed by atoms with E-state index in [4.69, 9.17) is 4.74 Å². The van der Waals surface area contributed by atoms with E-state index >= 15 is 0 Å². The van der Waals surface area contributed by atoms with E-state index < -0.39 is 0 Å². The minimum absolute atomic E-state index is 0.0319. The quantitative estimate of drug-likeness (QED) is 0.680. The van der Waals surface area contributed by atoms with Crippen molar-refractivity contribution >= 4 is 6.03 Å². The van der Waals surface area contributed by atoms with E-state index in [0.717, 1.165) is 36.4 Å². The Balaban J connectivity index is 2.36. The van der Waals surface area contributed by atoms with Crippen molar-refractivity contribution < 1.29 is 9.53 Å². The Kier molecular flexibility index (Phi) is 8.66. The van der Waals surface area contributed by atoms with Crippen molar-refractivity contribution in [1.82, 2.24) is 10.2 Å². The van der Waals surface area contributed by atoms with Crippen LogP contribution in [0.3, 0.4) is 0 Å². The second-order valence-electron chi connectivity index (χ2n) is 7.35. The summed E-state index contributed by atoms with van der Waals surface area (Å²) in [7, 11) is 0. The summed E-state index contributed by atoms with van der Waals surface area (Å²) < 4.78 is 5.87. The van der Waals surface area contributed by atoms with Gasteiger partial charge in [-0.3, -0.25) is 0 Å². The molecule has 0 aromatic heterocycles. The number of hydrogen-bond donors (Lipinski definition) is 1. The molecule has 1 aromatic rings. The largest absolute Gasteiger partial charge is 0.493 e. The molecule has 1 aromatic carbocycles. The number of para-hydroxylation sites is 1. The molecule has 1 rings (SSSR count). The number of benzene rings is 1. The van der Waals surface area contributed by atoms with Crippen LogP contribution in [0.15, 0.2) is 18.2 Å². The van der Waals surface area contributed by atoms with Crippen LogP contribution in [-0.4, -0.2) is 37.2 Å². The van der Waals surface area contributed by atoms with Gasteiger partial charge in [-0.1, -0.05) is 45.9 Å². The molecule has 0 fully saturated rings. The fourth-order valence-electron chi connectivity index (χ4n) is 2.70. The van der Waals surface area contributed by atoms with Gasteiger partial charge in [-0.25, -0.2) is 4.79 Å². The summed E-state index contributed by atoms with van der Waals surface area (Å²) in [5, 5.41) is 3.02. The molecule has 0 saturated heterocycles. The molecule has 0 aliphatic carbocycles. The lowest BCUT2D eigenvalue weighted by Gasteiger charge is -2.26. The van der Waals surface area contributed by atoms with Crippen molar-refractivity contribution in [1.29, 1.82) is 0 Å². The first-order valence-corrected chi connectivity index (χ1v) is 9.03. The van der Waals surface area contributed by atoms with Gasteiger partial charge < -0.3 is 15.0 Å². The lowest BCUT2D eigenvalue weighted by molar-refractivity contribution is 0.182. The second kappa shape index (κ2) is 10.2. The highest BCUT2D eigenvalue weighted by Gasteiger charge is 2.15. The maximum atomic E-state index is 12.3. The Labute approximate surface area is 147 Å². The van der Waals surface area contributed by atoms with Gasteiger partial charge in [0, 0.05) is 19.6 Å². The molecule has 4 heteroatoms.